The molecule has 1 aromatic rings. The van der Waals surface area contributed by atoms with Gasteiger partial charge in [0, 0.05) is 26.8 Å². The normalized spacial score (nSPS) is 11.9. The Morgan fingerprint density at radius 3 is 2.75 bits per heavy atom. The van der Waals surface area contributed by atoms with Crippen molar-refractivity contribution >= 4 is 11.6 Å². The second kappa shape index (κ2) is 7.41. The van der Waals surface area contributed by atoms with Crippen LogP contribution in [0.3, 0.4) is 0 Å². The molecule has 0 fully saturated rings. The summed E-state index contributed by atoms with van der Waals surface area (Å²) in [6.07, 6.45) is -0.343. The van der Waals surface area contributed by atoms with Crippen LogP contribution in [-0.4, -0.2) is 49.4 Å². The minimum Gasteiger partial charge on any atom is -0.502 e. The Hall–Kier alpha value is -2.19. The monoisotopic (exact) mass is 284 g/mol. The van der Waals surface area contributed by atoms with E-state index in [2.05, 4.69) is 5.32 Å². The Kier molecular flexibility index (Phi) is 5.88. The van der Waals surface area contributed by atoms with Gasteiger partial charge in [-0.05, 0) is 6.07 Å². The van der Waals surface area contributed by atoms with Crippen LogP contribution in [0.2, 0.25) is 0 Å². The van der Waals surface area contributed by atoms with Crippen molar-refractivity contribution in [1.29, 1.82) is 0 Å². The Balaban J connectivity index is 2.78. The number of phenols is 1. The summed E-state index contributed by atoms with van der Waals surface area (Å²) in [6, 6.07) is 3.75. The number of carbonyl (C=O) groups excluding carboxylic acids is 1. The third kappa shape index (κ3) is 3.90. The van der Waals surface area contributed by atoms with Crippen LogP contribution in [-0.2, 0) is 9.47 Å². The molecule has 2 N–H and O–H groups in total. The third-order valence-corrected chi connectivity index (χ3v) is 2.63. The molecule has 0 aliphatic rings. The van der Waals surface area contributed by atoms with Crippen molar-refractivity contribution in [3.05, 3.63) is 33.9 Å². The zero-order valence-corrected chi connectivity index (χ0v) is 11.2. The number of methoxy groups -OCH3 is 2. The number of ether oxygens (including phenoxy) is 2. The molecule has 0 aliphatic heterocycles. The Morgan fingerprint density at radius 2 is 2.20 bits per heavy atom. The number of nitro groups is 1. The van der Waals surface area contributed by atoms with E-state index in [1.807, 2.05) is 0 Å². The highest BCUT2D eigenvalue weighted by Crippen LogP contribution is 2.28. The van der Waals surface area contributed by atoms with Crippen molar-refractivity contribution in [2.24, 2.45) is 0 Å². The maximum Gasteiger partial charge on any atom is 0.311 e. The number of aromatic hydroxyl groups is 1. The first-order valence-electron chi connectivity index (χ1n) is 5.77. The van der Waals surface area contributed by atoms with Crippen molar-refractivity contribution in [2.45, 2.75) is 6.10 Å². The molecule has 0 radical (unpaired) electrons. The van der Waals surface area contributed by atoms with Crippen molar-refractivity contribution in [1.82, 2.24) is 5.32 Å². The van der Waals surface area contributed by atoms with Crippen LogP contribution in [0, 0.1) is 10.1 Å². The number of nitrogens with one attached hydrogen (secondary N) is 1. The fourth-order valence-electron chi connectivity index (χ4n) is 1.56. The molecule has 0 bridgehead atoms. The standard InChI is InChI=1S/C12H16N2O6/c1-19-7-8(20-2)6-13-12(16)9-4-3-5-10(11(9)15)14(17)18/h3-5,8,15H,6-7H2,1-2H3,(H,13,16). The molecule has 0 aliphatic carbocycles. The summed E-state index contributed by atoms with van der Waals surface area (Å²) >= 11 is 0. The molecule has 0 heterocycles. The first-order valence-corrected chi connectivity index (χ1v) is 5.77. The van der Waals surface area contributed by atoms with Gasteiger partial charge in [-0.15, -0.1) is 0 Å². The summed E-state index contributed by atoms with van der Waals surface area (Å²) < 4.78 is 9.95. The van der Waals surface area contributed by atoms with Gasteiger partial charge in [0.1, 0.15) is 0 Å². The lowest BCUT2D eigenvalue weighted by Crippen LogP contribution is -2.35. The predicted octanol–water partition coefficient (Wildman–Crippen LogP) is 0.692. The molecule has 1 rings (SSSR count). The van der Waals surface area contributed by atoms with E-state index in [4.69, 9.17) is 9.47 Å². The van der Waals surface area contributed by atoms with Gasteiger partial charge in [0.2, 0.25) is 5.75 Å². The fraction of sp³-hybridized carbons (Fsp3) is 0.417. The van der Waals surface area contributed by atoms with Crippen LogP contribution in [0.4, 0.5) is 5.69 Å². The van der Waals surface area contributed by atoms with Crippen molar-refractivity contribution < 1.29 is 24.3 Å². The highest BCUT2D eigenvalue weighted by Gasteiger charge is 2.21. The van der Waals surface area contributed by atoms with E-state index < -0.39 is 22.3 Å². The molecule has 0 spiro atoms. The van der Waals surface area contributed by atoms with Crippen molar-refractivity contribution in [3.8, 4) is 5.75 Å². The number of rotatable bonds is 7. The highest BCUT2D eigenvalue weighted by molar-refractivity contribution is 5.98. The van der Waals surface area contributed by atoms with E-state index in [9.17, 15) is 20.0 Å². The van der Waals surface area contributed by atoms with E-state index in [1.165, 1.54) is 26.4 Å². The molecule has 1 atom stereocenters. The van der Waals surface area contributed by atoms with E-state index in [0.717, 1.165) is 6.07 Å². The minimum absolute atomic E-state index is 0.158. The molecular weight excluding hydrogens is 268 g/mol. The molecule has 0 saturated heterocycles. The van der Waals surface area contributed by atoms with E-state index >= 15 is 0 Å². The number of amides is 1. The molecule has 1 unspecified atom stereocenters. The molecule has 0 saturated carbocycles. The van der Waals surface area contributed by atoms with Gasteiger partial charge in [-0.3, -0.25) is 14.9 Å². The second-order valence-electron chi connectivity index (χ2n) is 3.95. The molecule has 20 heavy (non-hydrogen) atoms. The Morgan fingerprint density at radius 1 is 1.50 bits per heavy atom. The lowest BCUT2D eigenvalue weighted by molar-refractivity contribution is -0.385. The van der Waals surface area contributed by atoms with Gasteiger partial charge < -0.3 is 19.9 Å². The molecule has 8 heteroatoms. The predicted molar refractivity (Wildman–Crippen MR) is 69.8 cm³/mol. The van der Waals surface area contributed by atoms with E-state index in [-0.39, 0.29) is 24.8 Å². The Labute approximate surface area is 115 Å². The number of nitrogens with zero attached hydrogens (tertiary/aromatic N) is 1. The topological polar surface area (TPSA) is 111 Å². The zero-order valence-electron chi connectivity index (χ0n) is 11.2. The smallest absolute Gasteiger partial charge is 0.311 e. The molecule has 1 amide bonds. The van der Waals surface area contributed by atoms with Crippen LogP contribution in [0.15, 0.2) is 18.2 Å². The SMILES string of the molecule is COCC(CNC(=O)c1cccc([N+](=O)[O-])c1O)OC. The highest BCUT2D eigenvalue weighted by atomic mass is 16.6. The number of benzene rings is 1. The quantitative estimate of drug-likeness (QED) is 0.563. The van der Waals surface area contributed by atoms with E-state index in [0.29, 0.717) is 0 Å². The summed E-state index contributed by atoms with van der Waals surface area (Å²) in [4.78, 5) is 21.8. The van der Waals surface area contributed by atoms with Crippen molar-refractivity contribution in [2.75, 3.05) is 27.4 Å². The van der Waals surface area contributed by atoms with Gasteiger partial charge in [0.25, 0.3) is 5.91 Å². The number of para-hydroxylation sites is 1. The Bertz CT molecular complexity index is 491. The maximum absolute atomic E-state index is 11.9. The zero-order chi connectivity index (χ0) is 15.1. The number of phenolic OH excluding ortho intramolecular Hbond substituents is 1. The number of hydrogen-bond donors (Lipinski definition) is 2. The molecule has 0 aromatic heterocycles. The lowest BCUT2D eigenvalue weighted by Gasteiger charge is -2.15. The maximum atomic E-state index is 11.9. The van der Waals surface area contributed by atoms with Crippen LogP contribution in [0.1, 0.15) is 10.4 Å². The van der Waals surface area contributed by atoms with Crippen LogP contribution >= 0.6 is 0 Å². The number of nitro benzene ring substituents is 1. The summed E-state index contributed by atoms with van der Waals surface area (Å²) in [6.45, 7) is 0.447. The summed E-state index contributed by atoms with van der Waals surface area (Å²) in [5, 5.41) is 22.9. The average molecular weight is 284 g/mol. The summed E-state index contributed by atoms with van der Waals surface area (Å²) in [5.74, 6) is -1.28. The van der Waals surface area contributed by atoms with Gasteiger partial charge in [0.05, 0.1) is 23.2 Å². The van der Waals surface area contributed by atoms with Gasteiger partial charge in [-0.25, -0.2) is 0 Å². The largest absolute Gasteiger partial charge is 0.502 e. The fourth-order valence-corrected chi connectivity index (χ4v) is 1.56. The van der Waals surface area contributed by atoms with Crippen LogP contribution in [0.25, 0.3) is 0 Å². The molecule has 1 aromatic carbocycles. The number of hydrogen-bond acceptors (Lipinski definition) is 6. The number of carbonyl (C=O) groups is 1. The van der Waals surface area contributed by atoms with Gasteiger partial charge >= 0.3 is 5.69 Å². The molecule has 110 valence electrons. The second-order valence-corrected chi connectivity index (χ2v) is 3.95. The van der Waals surface area contributed by atoms with Crippen LogP contribution in [0.5, 0.6) is 5.75 Å². The summed E-state index contributed by atoms with van der Waals surface area (Å²) in [7, 11) is 2.97. The van der Waals surface area contributed by atoms with E-state index in [1.54, 1.807) is 0 Å². The summed E-state index contributed by atoms with van der Waals surface area (Å²) in [5.41, 5.74) is -0.677. The minimum atomic E-state index is -0.755. The lowest BCUT2D eigenvalue weighted by atomic mass is 10.1. The average Bonchev–Trinajstić information content (AvgIpc) is 2.43. The van der Waals surface area contributed by atoms with Gasteiger partial charge in [-0.2, -0.15) is 0 Å². The van der Waals surface area contributed by atoms with Gasteiger partial charge in [0.15, 0.2) is 0 Å². The first-order chi connectivity index (χ1) is 9.51. The molecule has 8 nitrogen and oxygen atoms in total. The van der Waals surface area contributed by atoms with Gasteiger partial charge in [-0.1, -0.05) is 6.07 Å². The van der Waals surface area contributed by atoms with Crippen molar-refractivity contribution in [3.63, 3.8) is 0 Å². The first kappa shape index (κ1) is 15.9. The van der Waals surface area contributed by atoms with Crippen LogP contribution < -0.4 is 5.32 Å². The third-order valence-electron chi connectivity index (χ3n) is 2.63. The molecular formula is C12H16N2O6.